The monoisotopic (exact) mass is 285 g/mol. The summed E-state index contributed by atoms with van der Waals surface area (Å²) in [4.78, 5) is 33.3. The van der Waals surface area contributed by atoms with E-state index < -0.39 is 16.7 Å². The van der Waals surface area contributed by atoms with Gasteiger partial charge in [0.2, 0.25) is 11.8 Å². The largest absolute Gasteiger partial charge is 0.366 e. The Kier molecular flexibility index (Phi) is 3.66. The molecule has 7 heteroatoms. The molecule has 0 bridgehead atoms. The van der Waals surface area contributed by atoms with Crippen LogP contribution in [0, 0.1) is 10.1 Å². The molecular formula is C14H11N3O4. The van der Waals surface area contributed by atoms with E-state index in [4.69, 9.17) is 11.5 Å². The first-order valence-corrected chi connectivity index (χ1v) is 5.89. The molecular weight excluding hydrogens is 274 g/mol. The summed E-state index contributed by atoms with van der Waals surface area (Å²) in [5.74, 6) is -1.50. The maximum Gasteiger partial charge on any atom is 0.270 e. The summed E-state index contributed by atoms with van der Waals surface area (Å²) in [6.45, 7) is 0. The van der Waals surface area contributed by atoms with Crippen LogP contribution in [0.3, 0.4) is 0 Å². The van der Waals surface area contributed by atoms with Crippen LogP contribution in [0.2, 0.25) is 0 Å². The molecule has 0 saturated carbocycles. The number of carbonyl (C=O) groups excluding carboxylic acids is 2. The molecule has 106 valence electrons. The van der Waals surface area contributed by atoms with Gasteiger partial charge in [0.25, 0.3) is 5.69 Å². The number of hydrogen-bond acceptors (Lipinski definition) is 4. The van der Waals surface area contributed by atoms with Crippen molar-refractivity contribution in [1.82, 2.24) is 0 Å². The lowest BCUT2D eigenvalue weighted by atomic mass is 9.93. The minimum Gasteiger partial charge on any atom is -0.366 e. The Labute approximate surface area is 119 Å². The predicted molar refractivity (Wildman–Crippen MR) is 75.6 cm³/mol. The van der Waals surface area contributed by atoms with Crippen LogP contribution in [-0.4, -0.2) is 16.7 Å². The van der Waals surface area contributed by atoms with E-state index in [9.17, 15) is 19.7 Å². The summed E-state index contributed by atoms with van der Waals surface area (Å²) in [5, 5.41) is 10.8. The number of nitro benzene ring substituents is 1. The lowest BCUT2D eigenvalue weighted by molar-refractivity contribution is -0.384. The summed E-state index contributed by atoms with van der Waals surface area (Å²) in [6, 6.07) is 9.90. The van der Waals surface area contributed by atoms with Crippen molar-refractivity contribution in [3.8, 4) is 11.1 Å². The molecule has 0 heterocycles. The van der Waals surface area contributed by atoms with Gasteiger partial charge in [-0.15, -0.1) is 0 Å². The molecule has 0 aliphatic rings. The zero-order valence-electron chi connectivity index (χ0n) is 10.8. The molecule has 21 heavy (non-hydrogen) atoms. The highest BCUT2D eigenvalue weighted by atomic mass is 16.6. The van der Waals surface area contributed by atoms with Gasteiger partial charge >= 0.3 is 0 Å². The van der Waals surface area contributed by atoms with E-state index in [0.29, 0.717) is 5.56 Å². The predicted octanol–water partition coefficient (Wildman–Crippen LogP) is 1.46. The fourth-order valence-corrected chi connectivity index (χ4v) is 2.05. The second kappa shape index (κ2) is 5.41. The van der Waals surface area contributed by atoms with Crippen molar-refractivity contribution in [2.75, 3.05) is 0 Å². The molecule has 0 aliphatic heterocycles. The molecule has 0 radical (unpaired) electrons. The smallest absolute Gasteiger partial charge is 0.270 e. The van der Waals surface area contributed by atoms with Crippen LogP contribution in [0.4, 0.5) is 5.69 Å². The van der Waals surface area contributed by atoms with Crippen molar-refractivity contribution >= 4 is 17.5 Å². The van der Waals surface area contributed by atoms with Crippen molar-refractivity contribution in [1.29, 1.82) is 0 Å². The Bertz CT molecular complexity index is 723. The molecule has 0 aliphatic carbocycles. The number of rotatable bonds is 4. The van der Waals surface area contributed by atoms with Crippen LogP contribution in [0.5, 0.6) is 0 Å². The number of carbonyl (C=O) groups is 2. The van der Waals surface area contributed by atoms with E-state index in [1.54, 1.807) is 6.07 Å². The SMILES string of the molecule is NC(=O)c1cccc(C(N)=O)c1-c1cccc([N+](=O)[O-])c1. The average Bonchev–Trinajstić information content (AvgIpc) is 2.46. The standard InChI is InChI=1S/C14H11N3O4/c15-13(18)10-5-2-6-11(14(16)19)12(10)8-3-1-4-9(7-8)17(20)21/h1-7H,(H2,15,18)(H2,16,19). The highest BCUT2D eigenvalue weighted by molar-refractivity contribution is 6.08. The Hall–Kier alpha value is -3.22. The Morgan fingerprint density at radius 3 is 1.95 bits per heavy atom. The van der Waals surface area contributed by atoms with Crippen molar-refractivity contribution < 1.29 is 14.5 Å². The molecule has 4 N–H and O–H groups in total. The van der Waals surface area contributed by atoms with Gasteiger partial charge < -0.3 is 11.5 Å². The number of hydrogen-bond donors (Lipinski definition) is 2. The molecule has 0 fully saturated rings. The minimum absolute atomic E-state index is 0.0757. The zero-order chi connectivity index (χ0) is 15.6. The number of non-ortho nitro benzene ring substituents is 1. The number of nitrogens with zero attached hydrogens (tertiary/aromatic N) is 1. The summed E-state index contributed by atoms with van der Waals surface area (Å²) < 4.78 is 0. The van der Waals surface area contributed by atoms with Gasteiger partial charge in [-0.2, -0.15) is 0 Å². The van der Waals surface area contributed by atoms with Crippen LogP contribution in [-0.2, 0) is 0 Å². The van der Waals surface area contributed by atoms with Crippen molar-refractivity contribution in [3.05, 3.63) is 63.7 Å². The summed E-state index contributed by atoms with van der Waals surface area (Å²) in [6.07, 6.45) is 0. The first-order chi connectivity index (χ1) is 9.91. The lowest BCUT2D eigenvalue weighted by Gasteiger charge is -2.11. The molecule has 0 unspecified atom stereocenters. The quantitative estimate of drug-likeness (QED) is 0.650. The van der Waals surface area contributed by atoms with E-state index >= 15 is 0 Å². The normalized spacial score (nSPS) is 10.1. The third-order valence-corrected chi connectivity index (χ3v) is 2.94. The van der Waals surface area contributed by atoms with Gasteiger partial charge in [0.15, 0.2) is 0 Å². The van der Waals surface area contributed by atoms with Gasteiger partial charge in [-0.25, -0.2) is 0 Å². The first-order valence-electron chi connectivity index (χ1n) is 5.89. The maximum atomic E-state index is 11.5. The van der Waals surface area contributed by atoms with Crippen molar-refractivity contribution in [3.63, 3.8) is 0 Å². The first kappa shape index (κ1) is 14.2. The van der Waals surface area contributed by atoms with Gasteiger partial charge in [-0.05, 0) is 17.7 Å². The van der Waals surface area contributed by atoms with Crippen LogP contribution in [0.1, 0.15) is 20.7 Å². The van der Waals surface area contributed by atoms with Crippen LogP contribution < -0.4 is 11.5 Å². The lowest BCUT2D eigenvalue weighted by Crippen LogP contribution is -2.18. The van der Waals surface area contributed by atoms with E-state index in [2.05, 4.69) is 0 Å². The van der Waals surface area contributed by atoms with Gasteiger partial charge in [-0.3, -0.25) is 19.7 Å². The average molecular weight is 285 g/mol. The molecule has 2 aromatic carbocycles. The molecule has 2 aromatic rings. The Morgan fingerprint density at radius 2 is 1.48 bits per heavy atom. The van der Waals surface area contributed by atoms with E-state index in [0.717, 1.165) is 0 Å². The molecule has 0 saturated heterocycles. The van der Waals surface area contributed by atoms with E-state index in [1.807, 2.05) is 0 Å². The van der Waals surface area contributed by atoms with Crippen LogP contribution in [0.15, 0.2) is 42.5 Å². The number of benzene rings is 2. The third kappa shape index (κ3) is 2.71. The van der Waals surface area contributed by atoms with Gasteiger partial charge in [0.1, 0.15) is 0 Å². The fourth-order valence-electron chi connectivity index (χ4n) is 2.05. The summed E-state index contributed by atoms with van der Waals surface area (Å²) >= 11 is 0. The number of nitro groups is 1. The maximum absolute atomic E-state index is 11.5. The van der Waals surface area contributed by atoms with Crippen LogP contribution in [0.25, 0.3) is 11.1 Å². The third-order valence-electron chi connectivity index (χ3n) is 2.94. The second-order valence-electron chi connectivity index (χ2n) is 4.26. The molecule has 2 rings (SSSR count). The Morgan fingerprint density at radius 1 is 0.952 bits per heavy atom. The molecule has 2 amide bonds. The zero-order valence-corrected chi connectivity index (χ0v) is 10.8. The summed E-state index contributed by atoms with van der Waals surface area (Å²) in [5.41, 5.74) is 11.1. The molecule has 0 aromatic heterocycles. The summed E-state index contributed by atoms with van der Waals surface area (Å²) in [7, 11) is 0. The number of nitrogens with two attached hydrogens (primary N) is 2. The molecule has 0 spiro atoms. The highest BCUT2D eigenvalue weighted by Crippen LogP contribution is 2.30. The van der Waals surface area contributed by atoms with Crippen LogP contribution >= 0.6 is 0 Å². The molecule has 7 nitrogen and oxygen atoms in total. The number of primary amides is 2. The van der Waals surface area contributed by atoms with Gasteiger partial charge in [0.05, 0.1) is 4.92 Å². The van der Waals surface area contributed by atoms with Gasteiger partial charge in [0, 0.05) is 28.8 Å². The van der Waals surface area contributed by atoms with Crippen molar-refractivity contribution in [2.45, 2.75) is 0 Å². The minimum atomic E-state index is -0.750. The topological polar surface area (TPSA) is 129 Å². The highest BCUT2D eigenvalue weighted by Gasteiger charge is 2.19. The van der Waals surface area contributed by atoms with Gasteiger partial charge in [-0.1, -0.05) is 18.2 Å². The Balaban J connectivity index is 2.77. The van der Waals surface area contributed by atoms with E-state index in [-0.39, 0.29) is 22.4 Å². The molecule has 0 atom stereocenters. The second-order valence-corrected chi connectivity index (χ2v) is 4.26. The number of amides is 2. The fraction of sp³-hybridized carbons (Fsp3) is 0. The van der Waals surface area contributed by atoms with Crippen molar-refractivity contribution in [2.24, 2.45) is 11.5 Å². The van der Waals surface area contributed by atoms with E-state index in [1.165, 1.54) is 36.4 Å².